The van der Waals surface area contributed by atoms with Crippen molar-refractivity contribution in [2.75, 3.05) is 18.4 Å². The third-order valence-corrected chi connectivity index (χ3v) is 4.98. The van der Waals surface area contributed by atoms with Gasteiger partial charge in [-0.2, -0.15) is 18.2 Å². The first kappa shape index (κ1) is 18.5. The number of para-hydroxylation sites is 1. The third kappa shape index (κ3) is 3.35. The Bertz CT molecular complexity index is 1080. The Morgan fingerprint density at radius 1 is 1.21 bits per heavy atom. The molecule has 0 aliphatic carbocycles. The van der Waals surface area contributed by atoms with Crippen LogP contribution in [0.25, 0.3) is 16.6 Å². The summed E-state index contributed by atoms with van der Waals surface area (Å²) >= 11 is 0. The fraction of sp³-hybridized carbons (Fsp3) is 0.300. The Balaban J connectivity index is 1.98. The molecule has 1 aromatic heterocycles. The van der Waals surface area contributed by atoms with E-state index in [0.29, 0.717) is 23.4 Å². The first-order chi connectivity index (χ1) is 13.3. The molecule has 1 unspecified atom stereocenters. The number of aryl methyl sites for hydroxylation is 1. The van der Waals surface area contributed by atoms with Crippen LogP contribution in [0.1, 0.15) is 17.5 Å². The van der Waals surface area contributed by atoms with E-state index in [1.54, 1.807) is 25.1 Å². The van der Waals surface area contributed by atoms with E-state index in [-0.39, 0.29) is 11.6 Å². The smallest absolute Gasteiger partial charge is 0.365 e. The second-order valence-corrected chi connectivity index (χ2v) is 6.93. The van der Waals surface area contributed by atoms with Crippen LogP contribution in [0.4, 0.5) is 19.0 Å². The van der Waals surface area contributed by atoms with Crippen LogP contribution in [0.5, 0.6) is 0 Å². The topological polar surface area (TPSA) is 59.0 Å². The van der Waals surface area contributed by atoms with Gasteiger partial charge in [0.2, 0.25) is 0 Å². The molecule has 1 aliphatic heterocycles. The van der Waals surface area contributed by atoms with E-state index < -0.39 is 17.4 Å². The van der Waals surface area contributed by atoms with Crippen LogP contribution in [0, 0.1) is 6.92 Å². The van der Waals surface area contributed by atoms with Gasteiger partial charge in [0.15, 0.2) is 0 Å². The second-order valence-electron chi connectivity index (χ2n) is 6.93. The van der Waals surface area contributed by atoms with Gasteiger partial charge in [-0.05, 0) is 49.7 Å². The van der Waals surface area contributed by atoms with Crippen molar-refractivity contribution < 1.29 is 13.2 Å². The van der Waals surface area contributed by atoms with Crippen molar-refractivity contribution in [3.8, 4) is 5.69 Å². The lowest BCUT2D eigenvalue weighted by Crippen LogP contribution is -2.28. The molecule has 28 heavy (non-hydrogen) atoms. The van der Waals surface area contributed by atoms with E-state index in [1.807, 2.05) is 6.07 Å². The highest BCUT2D eigenvalue weighted by atomic mass is 19.4. The molecule has 0 saturated carbocycles. The molecule has 3 aromatic rings. The van der Waals surface area contributed by atoms with E-state index in [0.717, 1.165) is 30.7 Å². The molecule has 1 fully saturated rings. The van der Waals surface area contributed by atoms with Crippen LogP contribution in [0.15, 0.2) is 47.3 Å². The number of benzene rings is 2. The Kier molecular flexibility index (Phi) is 4.58. The zero-order chi connectivity index (χ0) is 19.9. The number of nitrogens with one attached hydrogen (secondary N) is 2. The Morgan fingerprint density at radius 2 is 2.00 bits per heavy atom. The summed E-state index contributed by atoms with van der Waals surface area (Å²) in [6.45, 7) is 3.36. The van der Waals surface area contributed by atoms with Gasteiger partial charge in [-0.1, -0.05) is 18.2 Å². The number of nitrogens with zero attached hydrogens (tertiary/aromatic N) is 2. The third-order valence-electron chi connectivity index (χ3n) is 4.98. The molecule has 4 rings (SSSR count). The maximum atomic E-state index is 13.3. The van der Waals surface area contributed by atoms with Crippen LogP contribution in [0.3, 0.4) is 0 Å². The standard InChI is InChI=1S/C20H19F3N4O/c1-12-4-2-3-5-16(12)27-17-10-13(20(21,22)23)6-7-15(17)18(26-19(27)28)25-14-8-9-24-11-14/h2-7,10,14,24H,8-9,11H2,1H3,(H,25,26,28). The average Bonchev–Trinajstić information content (AvgIpc) is 3.15. The number of halogens is 3. The number of hydrogen-bond donors (Lipinski definition) is 2. The molecule has 2 aromatic carbocycles. The highest BCUT2D eigenvalue weighted by molar-refractivity contribution is 5.91. The lowest BCUT2D eigenvalue weighted by Gasteiger charge is -2.18. The summed E-state index contributed by atoms with van der Waals surface area (Å²) in [6.07, 6.45) is -3.66. The lowest BCUT2D eigenvalue weighted by atomic mass is 10.1. The fourth-order valence-electron chi connectivity index (χ4n) is 3.53. The van der Waals surface area contributed by atoms with Crippen LogP contribution < -0.4 is 16.3 Å². The Hall–Kier alpha value is -2.87. The summed E-state index contributed by atoms with van der Waals surface area (Å²) in [6, 6.07) is 10.5. The van der Waals surface area contributed by atoms with Crippen LogP contribution in [-0.4, -0.2) is 28.7 Å². The SMILES string of the molecule is Cc1ccccc1-n1c(=O)nc(NC2CCNC2)c2ccc(C(F)(F)F)cc21. The van der Waals surface area contributed by atoms with Gasteiger partial charge in [-0.3, -0.25) is 4.57 Å². The number of aromatic nitrogens is 2. The average molecular weight is 388 g/mol. The van der Waals surface area contributed by atoms with Crippen LogP contribution >= 0.6 is 0 Å². The second kappa shape index (κ2) is 6.94. The molecular formula is C20H19F3N4O. The lowest BCUT2D eigenvalue weighted by molar-refractivity contribution is -0.137. The fourth-order valence-corrected chi connectivity index (χ4v) is 3.53. The van der Waals surface area contributed by atoms with Gasteiger partial charge in [0.1, 0.15) is 5.82 Å². The molecular weight excluding hydrogens is 369 g/mol. The quantitative estimate of drug-likeness (QED) is 0.721. The van der Waals surface area contributed by atoms with E-state index in [4.69, 9.17) is 0 Å². The summed E-state index contributed by atoms with van der Waals surface area (Å²) < 4.78 is 41.2. The van der Waals surface area contributed by atoms with Gasteiger partial charge in [0.25, 0.3) is 0 Å². The van der Waals surface area contributed by atoms with Crippen molar-refractivity contribution in [1.82, 2.24) is 14.9 Å². The van der Waals surface area contributed by atoms with Crippen LogP contribution in [0.2, 0.25) is 0 Å². The number of fused-ring (bicyclic) bond motifs is 1. The molecule has 0 amide bonds. The van der Waals surface area contributed by atoms with Crippen molar-refractivity contribution in [3.05, 3.63) is 64.1 Å². The van der Waals surface area contributed by atoms with Gasteiger partial charge < -0.3 is 10.6 Å². The van der Waals surface area contributed by atoms with Crippen LogP contribution in [-0.2, 0) is 6.18 Å². The molecule has 1 saturated heterocycles. The van der Waals surface area contributed by atoms with Gasteiger partial charge in [0, 0.05) is 18.0 Å². The molecule has 0 bridgehead atoms. The van der Waals surface area contributed by atoms with Crippen molar-refractivity contribution >= 4 is 16.7 Å². The number of alkyl halides is 3. The molecule has 8 heteroatoms. The van der Waals surface area contributed by atoms with Crippen molar-refractivity contribution in [3.63, 3.8) is 0 Å². The maximum Gasteiger partial charge on any atom is 0.416 e. The molecule has 0 spiro atoms. The van der Waals surface area contributed by atoms with Gasteiger partial charge >= 0.3 is 11.9 Å². The van der Waals surface area contributed by atoms with Crippen molar-refractivity contribution in [2.24, 2.45) is 0 Å². The van der Waals surface area contributed by atoms with E-state index in [9.17, 15) is 18.0 Å². The minimum atomic E-state index is -4.51. The first-order valence-corrected chi connectivity index (χ1v) is 9.02. The number of anilines is 1. The van der Waals surface area contributed by atoms with Crippen molar-refractivity contribution in [1.29, 1.82) is 0 Å². The molecule has 146 valence electrons. The predicted molar refractivity (Wildman–Crippen MR) is 102 cm³/mol. The summed E-state index contributed by atoms with van der Waals surface area (Å²) in [7, 11) is 0. The maximum absolute atomic E-state index is 13.3. The summed E-state index contributed by atoms with van der Waals surface area (Å²) in [5.41, 5.74) is 0.0396. The number of rotatable bonds is 3. The van der Waals surface area contributed by atoms with E-state index >= 15 is 0 Å². The van der Waals surface area contributed by atoms with E-state index in [1.165, 1.54) is 10.6 Å². The van der Waals surface area contributed by atoms with Crippen molar-refractivity contribution in [2.45, 2.75) is 25.6 Å². The summed E-state index contributed by atoms with van der Waals surface area (Å²) in [4.78, 5) is 17.0. The molecule has 5 nitrogen and oxygen atoms in total. The molecule has 0 radical (unpaired) electrons. The normalized spacial score (nSPS) is 17.2. The van der Waals surface area contributed by atoms with Gasteiger partial charge in [-0.25, -0.2) is 4.79 Å². The first-order valence-electron chi connectivity index (χ1n) is 9.02. The predicted octanol–water partition coefficient (Wildman–Crippen LogP) is 3.49. The monoisotopic (exact) mass is 388 g/mol. The Labute approximate surface area is 159 Å². The molecule has 1 atom stereocenters. The van der Waals surface area contributed by atoms with Gasteiger partial charge in [-0.15, -0.1) is 0 Å². The number of hydrogen-bond acceptors (Lipinski definition) is 4. The zero-order valence-electron chi connectivity index (χ0n) is 15.2. The zero-order valence-corrected chi connectivity index (χ0v) is 15.2. The summed E-state index contributed by atoms with van der Waals surface area (Å²) in [5, 5.41) is 6.89. The molecule has 2 N–H and O–H groups in total. The van der Waals surface area contributed by atoms with E-state index in [2.05, 4.69) is 15.6 Å². The largest absolute Gasteiger partial charge is 0.416 e. The minimum Gasteiger partial charge on any atom is -0.365 e. The summed E-state index contributed by atoms with van der Waals surface area (Å²) in [5.74, 6) is 0.312. The Morgan fingerprint density at radius 3 is 2.68 bits per heavy atom. The highest BCUT2D eigenvalue weighted by Crippen LogP contribution is 2.33. The molecule has 1 aliphatic rings. The minimum absolute atomic E-state index is 0.0757. The molecule has 2 heterocycles. The highest BCUT2D eigenvalue weighted by Gasteiger charge is 2.31. The van der Waals surface area contributed by atoms with Gasteiger partial charge in [0.05, 0.1) is 16.8 Å².